The van der Waals surface area contributed by atoms with E-state index in [1.807, 2.05) is 60.7 Å². The Labute approximate surface area is 190 Å². The molecule has 0 saturated heterocycles. The first-order valence-corrected chi connectivity index (χ1v) is 10.6. The number of ether oxygens (including phenoxy) is 1. The summed E-state index contributed by atoms with van der Waals surface area (Å²) >= 11 is 2.21. The topological polar surface area (TPSA) is 67.4 Å². The predicted octanol–water partition coefficient (Wildman–Crippen LogP) is 6.56. The van der Waals surface area contributed by atoms with E-state index in [0.717, 1.165) is 9.13 Å². The summed E-state index contributed by atoms with van der Waals surface area (Å²) < 4.78 is 6.44. The van der Waals surface area contributed by atoms with Crippen LogP contribution in [0.5, 0.6) is 0 Å². The highest BCUT2D eigenvalue weighted by atomic mass is 127. The second-order valence-corrected chi connectivity index (χ2v) is 8.93. The van der Waals surface area contributed by atoms with Crippen molar-refractivity contribution in [3.05, 3.63) is 81.9 Å². The van der Waals surface area contributed by atoms with Crippen molar-refractivity contribution in [2.24, 2.45) is 0 Å². The fraction of sp³-hybridized carbons (Fsp3) is 0.167. The van der Waals surface area contributed by atoms with E-state index in [4.69, 9.17) is 4.74 Å². The van der Waals surface area contributed by atoms with Crippen molar-refractivity contribution in [2.75, 3.05) is 10.6 Å². The Kier molecular flexibility index (Phi) is 6.77. The van der Waals surface area contributed by atoms with Crippen molar-refractivity contribution < 1.29 is 14.3 Å². The number of hydrogen-bond donors (Lipinski definition) is 2. The molecule has 0 aliphatic heterocycles. The molecule has 3 aromatic rings. The molecule has 0 aliphatic carbocycles. The van der Waals surface area contributed by atoms with Crippen molar-refractivity contribution in [3.8, 4) is 11.1 Å². The van der Waals surface area contributed by atoms with E-state index in [0.29, 0.717) is 22.5 Å². The van der Waals surface area contributed by atoms with E-state index < -0.39 is 11.7 Å². The average Bonchev–Trinajstić information content (AvgIpc) is 2.68. The lowest BCUT2D eigenvalue weighted by atomic mass is 9.97. The summed E-state index contributed by atoms with van der Waals surface area (Å²) in [5.41, 5.74) is 2.36. The molecular weight excluding hydrogens is 491 g/mol. The number of halogens is 1. The fourth-order valence-electron chi connectivity index (χ4n) is 2.90. The van der Waals surface area contributed by atoms with Crippen LogP contribution >= 0.6 is 22.6 Å². The van der Waals surface area contributed by atoms with Gasteiger partial charge in [0.2, 0.25) is 0 Å². The number of hydrogen-bond acceptors (Lipinski definition) is 3. The van der Waals surface area contributed by atoms with Gasteiger partial charge in [-0.25, -0.2) is 4.79 Å². The quantitative estimate of drug-likeness (QED) is 0.388. The molecule has 154 valence electrons. The normalized spacial score (nSPS) is 10.9. The first-order chi connectivity index (χ1) is 14.2. The first-order valence-electron chi connectivity index (χ1n) is 9.48. The summed E-state index contributed by atoms with van der Waals surface area (Å²) in [6, 6.07) is 22.4. The molecular formula is C24H23IN2O3. The summed E-state index contributed by atoms with van der Waals surface area (Å²) in [5, 5.41) is 5.65. The van der Waals surface area contributed by atoms with E-state index in [1.165, 1.54) is 0 Å². The molecule has 30 heavy (non-hydrogen) atoms. The Balaban J connectivity index is 2.01. The lowest BCUT2D eigenvalue weighted by Gasteiger charge is -2.21. The summed E-state index contributed by atoms with van der Waals surface area (Å²) in [6.45, 7) is 5.37. The minimum Gasteiger partial charge on any atom is -0.444 e. The van der Waals surface area contributed by atoms with Gasteiger partial charge in [-0.05, 0) is 84.8 Å². The van der Waals surface area contributed by atoms with Crippen molar-refractivity contribution in [2.45, 2.75) is 26.4 Å². The van der Waals surface area contributed by atoms with Crippen LogP contribution in [-0.4, -0.2) is 17.6 Å². The third kappa shape index (κ3) is 5.82. The molecule has 0 saturated carbocycles. The summed E-state index contributed by atoms with van der Waals surface area (Å²) in [5.74, 6) is -0.318. The second-order valence-electron chi connectivity index (χ2n) is 7.68. The van der Waals surface area contributed by atoms with Crippen LogP contribution in [0.3, 0.4) is 0 Å². The van der Waals surface area contributed by atoms with Gasteiger partial charge < -0.3 is 10.1 Å². The summed E-state index contributed by atoms with van der Waals surface area (Å²) in [6.07, 6.45) is -0.615. The lowest BCUT2D eigenvalue weighted by Crippen LogP contribution is -2.28. The Morgan fingerprint density at radius 2 is 1.50 bits per heavy atom. The largest absolute Gasteiger partial charge is 0.444 e. The van der Waals surface area contributed by atoms with E-state index in [2.05, 4.69) is 33.2 Å². The van der Waals surface area contributed by atoms with Gasteiger partial charge in [-0.1, -0.05) is 42.5 Å². The van der Waals surface area contributed by atoms with Crippen LogP contribution in [0.25, 0.3) is 11.1 Å². The Morgan fingerprint density at radius 3 is 2.13 bits per heavy atom. The molecule has 3 aromatic carbocycles. The number of benzene rings is 3. The zero-order chi connectivity index (χ0) is 21.7. The van der Waals surface area contributed by atoms with E-state index in [1.54, 1.807) is 32.9 Å². The van der Waals surface area contributed by atoms with Crippen LogP contribution in [-0.2, 0) is 4.74 Å². The smallest absolute Gasteiger partial charge is 0.412 e. The van der Waals surface area contributed by atoms with E-state index >= 15 is 0 Å². The third-order valence-corrected chi connectivity index (χ3v) is 4.83. The van der Waals surface area contributed by atoms with Crippen LogP contribution in [0.2, 0.25) is 0 Å². The lowest BCUT2D eigenvalue weighted by molar-refractivity contribution is 0.0636. The van der Waals surface area contributed by atoms with Crippen molar-refractivity contribution in [1.29, 1.82) is 0 Å². The van der Waals surface area contributed by atoms with Crippen LogP contribution in [0.4, 0.5) is 16.2 Å². The van der Waals surface area contributed by atoms with Gasteiger partial charge in [0.25, 0.3) is 5.91 Å². The molecule has 0 atom stereocenters. The maximum Gasteiger partial charge on any atom is 0.412 e. The summed E-state index contributed by atoms with van der Waals surface area (Å²) in [7, 11) is 0. The number of amides is 2. The minimum absolute atomic E-state index is 0.318. The second kappa shape index (κ2) is 9.30. The molecule has 5 nitrogen and oxygen atoms in total. The fourth-order valence-corrected chi connectivity index (χ4v) is 3.26. The van der Waals surface area contributed by atoms with Gasteiger partial charge in [0.05, 0.1) is 11.3 Å². The zero-order valence-electron chi connectivity index (χ0n) is 17.0. The molecule has 6 heteroatoms. The highest BCUT2D eigenvalue weighted by molar-refractivity contribution is 14.1. The standard InChI is InChI=1S/C24H23IN2O3/c1-24(2,3)30-23(29)27-20-11-7-10-19(16-8-5-4-6-9-16)21(20)22(28)26-18-14-12-17(25)13-15-18/h4-15H,1-3H3,(H,26,28)(H,27,29). The van der Waals surface area contributed by atoms with E-state index in [-0.39, 0.29) is 5.91 Å². The van der Waals surface area contributed by atoms with Crippen molar-refractivity contribution in [1.82, 2.24) is 0 Å². The molecule has 0 aromatic heterocycles. The Hall–Kier alpha value is -2.87. The average molecular weight is 514 g/mol. The van der Waals surface area contributed by atoms with Crippen LogP contribution in [0, 0.1) is 3.57 Å². The molecule has 0 radical (unpaired) electrons. The molecule has 0 bridgehead atoms. The molecule has 0 aliphatic rings. The Bertz CT molecular complexity index is 1040. The number of carbonyl (C=O) groups excluding carboxylic acids is 2. The number of rotatable bonds is 4. The molecule has 2 N–H and O–H groups in total. The molecule has 0 unspecified atom stereocenters. The molecule has 2 amide bonds. The Morgan fingerprint density at radius 1 is 0.833 bits per heavy atom. The van der Waals surface area contributed by atoms with Gasteiger partial charge in [-0.3, -0.25) is 10.1 Å². The third-order valence-electron chi connectivity index (χ3n) is 4.11. The highest BCUT2D eigenvalue weighted by Crippen LogP contribution is 2.30. The maximum atomic E-state index is 13.3. The number of carbonyl (C=O) groups is 2. The zero-order valence-corrected chi connectivity index (χ0v) is 19.2. The first kappa shape index (κ1) is 21.8. The van der Waals surface area contributed by atoms with Crippen molar-refractivity contribution in [3.63, 3.8) is 0 Å². The minimum atomic E-state index is -0.648. The summed E-state index contributed by atoms with van der Waals surface area (Å²) in [4.78, 5) is 25.7. The monoisotopic (exact) mass is 514 g/mol. The molecule has 0 heterocycles. The van der Waals surface area contributed by atoms with Gasteiger partial charge in [0, 0.05) is 9.26 Å². The van der Waals surface area contributed by atoms with Crippen molar-refractivity contribution >= 4 is 46.0 Å². The van der Waals surface area contributed by atoms with Crippen LogP contribution < -0.4 is 10.6 Å². The van der Waals surface area contributed by atoms with Gasteiger partial charge in [-0.2, -0.15) is 0 Å². The molecule has 0 fully saturated rings. The number of nitrogens with one attached hydrogen (secondary N) is 2. The van der Waals surface area contributed by atoms with Gasteiger partial charge in [0.15, 0.2) is 0 Å². The molecule has 0 spiro atoms. The maximum absolute atomic E-state index is 13.3. The van der Waals surface area contributed by atoms with Gasteiger partial charge >= 0.3 is 6.09 Å². The number of anilines is 2. The predicted molar refractivity (Wildman–Crippen MR) is 129 cm³/mol. The van der Waals surface area contributed by atoms with Gasteiger partial charge in [-0.15, -0.1) is 0 Å². The van der Waals surface area contributed by atoms with Gasteiger partial charge in [0.1, 0.15) is 5.60 Å². The van der Waals surface area contributed by atoms with Crippen LogP contribution in [0.15, 0.2) is 72.8 Å². The van der Waals surface area contributed by atoms with E-state index in [9.17, 15) is 9.59 Å². The van der Waals surface area contributed by atoms with Crippen LogP contribution in [0.1, 0.15) is 31.1 Å². The molecule has 3 rings (SSSR count). The SMILES string of the molecule is CC(C)(C)OC(=O)Nc1cccc(-c2ccccc2)c1C(=O)Nc1ccc(I)cc1. The highest BCUT2D eigenvalue weighted by Gasteiger charge is 2.22.